The van der Waals surface area contributed by atoms with Crippen LogP contribution in [0.15, 0.2) is 41.5 Å². The lowest BCUT2D eigenvalue weighted by Crippen LogP contribution is -2.52. The standard InChI is InChI=1S/C17H24N6O.HI/c1-18-17(19-13-14-7-8-20-21(14)2)23-11-9-22(10-12-23)15-5-3-4-6-16(15)24;/h3-8,24H,9-13H2,1-2H3,(H,18,19);1H. The summed E-state index contributed by atoms with van der Waals surface area (Å²) in [7, 11) is 3.74. The van der Waals surface area contributed by atoms with Gasteiger partial charge in [0, 0.05) is 46.5 Å². The first-order valence-electron chi connectivity index (χ1n) is 8.14. The number of aromatic nitrogens is 2. The number of aromatic hydroxyl groups is 1. The third kappa shape index (κ3) is 4.56. The molecule has 0 spiro atoms. The van der Waals surface area contributed by atoms with Crippen molar-refractivity contribution in [2.24, 2.45) is 12.0 Å². The van der Waals surface area contributed by atoms with Gasteiger partial charge in [-0.2, -0.15) is 5.10 Å². The maximum Gasteiger partial charge on any atom is 0.194 e. The number of nitrogens with one attached hydrogen (secondary N) is 1. The van der Waals surface area contributed by atoms with Gasteiger partial charge < -0.3 is 20.2 Å². The Hall–Kier alpha value is -1.97. The summed E-state index contributed by atoms with van der Waals surface area (Å²) in [5.74, 6) is 1.23. The number of para-hydroxylation sites is 2. The average molecular weight is 456 g/mol. The number of aryl methyl sites for hydroxylation is 1. The number of benzene rings is 1. The zero-order valence-electron chi connectivity index (χ0n) is 14.6. The molecule has 8 heteroatoms. The minimum absolute atomic E-state index is 0. The summed E-state index contributed by atoms with van der Waals surface area (Å²) in [5.41, 5.74) is 2.01. The van der Waals surface area contributed by atoms with E-state index in [4.69, 9.17) is 0 Å². The molecule has 0 radical (unpaired) electrons. The molecule has 0 atom stereocenters. The topological polar surface area (TPSA) is 68.9 Å². The molecule has 0 amide bonds. The Morgan fingerprint density at radius 1 is 1.20 bits per heavy atom. The minimum atomic E-state index is 0. The van der Waals surface area contributed by atoms with Gasteiger partial charge in [0.2, 0.25) is 0 Å². The fourth-order valence-electron chi connectivity index (χ4n) is 2.97. The second kappa shape index (κ2) is 8.93. The van der Waals surface area contributed by atoms with Crippen LogP contribution in [0.4, 0.5) is 5.69 Å². The van der Waals surface area contributed by atoms with Crippen LogP contribution < -0.4 is 10.2 Å². The fraction of sp³-hybridized carbons (Fsp3) is 0.412. The van der Waals surface area contributed by atoms with E-state index in [1.54, 1.807) is 19.3 Å². The Morgan fingerprint density at radius 2 is 1.92 bits per heavy atom. The molecule has 1 saturated heterocycles. The number of phenols is 1. The van der Waals surface area contributed by atoms with Gasteiger partial charge in [-0.05, 0) is 18.2 Å². The van der Waals surface area contributed by atoms with Crippen LogP contribution in [0.2, 0.25) is 0 Å². The lowest BCUT2D eigenvalue weighted by Gasteiger charge is -2.37. The molecule has 0 unspecified atom stereocenters. The molecule has 7 nitrogen and oxygen atoms in total. The number of hydrogen-bond donors (Lipinski definition) is 2. The molecule has 0 bridgehead atoms. The van der Waals surface area contributed by atoms with Crippen LogP contribution in [-0.2, 0) is 13.6 Å². The van der Waals surface area contributed by atoms with Crippen LogP contribution in [0.1, 0.15) is 5.69 Å². The Balaban J connectivity index is 0.00000225. The van der Waals surface area contributed by atoms with Gasteiger partial charge in [0.15, 0.2) is 5.96 Å². The molecule has 136 valence electrons. The molecule has 1 aromatic carbocycles. The molecule has 1 aliphatic rings. The Bertz CT molecular complexity index is 709. The second-order valence-electron chi connectivity index (χ2n) is 5.81. The Labute approximate surface area is 165 Å². The smallest absolute Gasteiger partial charge is 0.194 e. The van der Waals surface area contributed by atoms with Gasteiger partial charge >= 0.3 is 0 Å². The van der Waals surface area contributed by atoms with Crippen LogP contribution in [-0.4, -0.2) is 59.0 Å². The first kappa shape index (κ1) is 19.4. The molecule has 2 N–H and O–H groups in total. The third-order valence-corrected chi connectivity index (χ3v) is 4.36. The first-order chi connectivity index (χ1) is 11.7. The zero-order valence-corrected chi connectivity index (χ0v) is 16.9. The van der Waals surface area contributed by atoms with E-state index in [1.807, 2.05) is 36.0 Å². The Kier molecular flexibility index (Phi) is 6.91. The first-order valence-corrected chi connectivity index (χ1v) is 8.14. The van der Waals surface area contributed by atoms with E-state index in [2.05, 4.69) is 25.2 Å². The predicted molar refractivity (Wildman–Crippen MR) is 111 cm³/mol. The van der Waals surface area contributed by atoms with Gasteiger partial charge in [-0.25, -0.2) is 0 Å². The highest BCUT2D eigenvalue weighted by molar-refractivity contribution is 14.0. The van der Waals surface area contributed by atoms with E-state index >= 15 is 0 Å². The number of nitrogens with zero attached hydrogens (tertiary/aromatic N) is 5. The number of anilines is 1. The van der Waals surface area contributed by atoms with Gasteiger partial charge in [-0.1, -0.05) is 12.1 Å². The largest absolute Gasteiger partial charge is 0.506 e. The minimum Gasteiger partial charge on any atom is -0.506 e. The molecular weight excluding hydrogens is 431 g/mol. The van der Waals surface area contributed by atoms with Gasteiger partial charge in [0.1, 0.15) is 5.75 Å². The van der Waals surface area contributed by atoms with E-state index in [0.717, 1.165) is 43.5 Å². The summed E-state index contributed by atoms with van der Waals surface area (Å²) in [6.07, 6.45) is 1.80. The van der Waals surface area contributed by atoms with E-state index in [-0.39, 0.29) is 24.0 Å². The monoisotopic (exact) mass is 456 g/mol. The van der Waals surface area contributed by atoms with Crippen molar-refractivity contribution in [3.63, 3.8) is 0 Å². The van der Waals surface area contributed by atoms with Crippen LogP contribution in [0.5, 0.6) is 5.75 Å². The average Bonchev–Trinajstić information content (AvgIpc) is 3.02. The third-order valence-electron chi connectivity index (χ3n) is 4.36. The molecule has 1 aromatic heterocycles. The summed E-state index contributed by atoms with van der Waals surface area (Å²) in [5, 5.41) is 17.6. The lowest BCUT2D eigenvalue weighted by molar-refractivity contribution is 0.369. The second-order valence-corrected chi connectivity index (χ2v) is 5.81. The van der Waals surface area contributed by atoms with Gasteiger partial charge in [-0.15, -0.1) is 24.0 Å². The van der Waals surface area contributed by atoms with Gasteiger partial charge in [0.25, 0.3) is 0 Å². The van der Waals surface area contributed by atoms with Crippen molar-refractivity contribution in [2.45, 2.75) is 6.54 Å². The van der Waals surface area contributed by atoms with Crippen molar-refractivity contribution in [1.29, 1.82) is 0 Å². The molecule has 25 heavy (non-hydrogen) atoms. The summed E-state index contributed by atoms with van der Waals surface area (Å²) in [6, 6.07) is 9.49. The molecular formula is C17H25IN6O. The summed E-state index contributed by atoms with van der Waals surface area (Å²) in [6.45, 7) is 4.12. The van der Waals surface area contributed by atoms with Gasteiger partial charge in [0.05, 0.1) is 17.9 Å². The normalized spacial score (nSPS) is 15.0. The van der Waals surface area contributed by atoms with Crippen molar-refractivity contribution in [3.05, 3.63) is 42.2 Å². The van der Waals surface area contributed by atoms with Crippen LogP contribution in [0.3, 0.4) is 0 Å². The number of aliphatic imine (C=N–C) groups is 1. The van der Waals surface area contributed by atoms with Crippen molar-refractivity contribution in [2.75, 3.05) is 38.1 Å². The van der Waals surface area contributed by atoms with E-state index in [1.165, 1.54) is 0 Å². The lowest BCUT2D eigenvalue weighted by atomic mass is 10.2. The predicted octanol–water partition coefficient (Wildman–Crippen LogP) is 1.64. The van der Waals surface area contributed by atoms with Crippen molar-refractivity contribution >= 4 is 35.6 Å². The van der Waals surface area contributed by atoms with E-state index in [0.29, 0.717) is 12.3 Å². The maximum absolute atomic E-state index is 10.0. The number of guanidine groups is 1. The van der Waals surface area contributed by atoms with Crippen LogP contribution in [0.25, 0.3) is 0 Å². The molecule has 1 fully saturated rings. The van der Waals surface area contributed by atoms with E-state index in [9.17, 15) is 5.11 Å². The Morgan fingerprint density at radius 3 is 2.52 bits per heavy atom. The van der Waals surface area contributed by atoms with Crippen molar-refractivity contribution < 1.29 is 5.11 Å². The van der Waals surface area contributed by atoms with E-state index < -0.39 is 0 Å². The number of rotatable bonds is 3. The van der Waals surface area contributed by atoms with Crippen LogP contribution >= 0.6 is 24.0 Å². The number of halogens is 1. The fourth-order valence-corrected chi connectivity index (χ4v) is 2.97. The summed E-state index contributed by atoms with van der Waals surface area (Å²) in [4.78, 5) is 8.84. The SMILES string of the molecule is CN=C(NCc1ccnn1C)N1CCN(c2ccccc2O)CC1.I. The quantitative estimate of drug-likeness (QED) is 0.418. The highest BCUT2D eigenvalue weighted by Gasteiger charge is 2.21. The molecule has 0 saturated carbocycles. The zero-order chi connectivity index (χ0) is 16.9. The molecule has 2 aromatic rings. The molecule has 0 aliphatic carbocycles. The van der Waals surface area contributed by atoms with Crippen molar-refractivity contribution in [3.8, 4) is 5.75 Å². The number of hydrogen-bond acceptors (Lipinski definition) is 4. The number of phenolic OH excluding ortho intramolecular Hbond substituents is 1. The maximum atomic E-state index is 10.0. The van der Waals surface area contributed by atoms with Crippen LogP contribution in [0, 0.1) is 0 Å². The van der Waals surface area contributed by atoms with Crippen molar-refractivity contribution in [1.82, 2.24) is 20.0 Å². The number of piperazine rings is 1. The molecule has 1 aliphatic heterocycles. The summed E-state index contributed by atoms with van der Waals surface area (Å²) >= 11 is 0. The molecule has 2 heterocycles. The molecule has 3 rings (SSSR count). The summed E-state index contributed by atoms with van der Waals surface area (Å²) < 4.78 is 1.86. The highest BCUT2D eigenvalue weighted by Crippen LogP contribution is 2.27. The van der Waals surface area contributed by atoms with Gasteiger partial charge in [-0.3, -0.25) is 9.67 Å². The highest BCUT2D eigenvalue weighted by atomic mass is 127.